The smallest absolute Gasteiger partial charge is 0.235 e. The Kier molecular flexibility index (Phi) is 9.24. The van der Waals surface area contributed by atoms with E-state index in [4.69, 9.17) is 25.8 Å². The number of nitrogens with zero attached hydrogens (tertiary/aromatic N) is 5. The number of methoxy groups -OCH3 is 3. The van der Waals surface area contributed by atoms with Crippen LogP contribution >= 0.6 is 23.5 Å². The van der Waals surface area contributed by atoms with E-state index < -0.39 is 0 Å². The molecule has 11 heteroatoms. The van der Waals surface area contributed by atoms with E-state index in [0.717, 1.165) is 11.4 Å². The Morgan fingerprint density at radius 2 is 1.69 bits per heavy atom. The molecule has 1 N–H and O–H groups in total. The van der Waals surface area contributed by atoms with E-state index >= 15 is 0 Å². The summed E-state index contributed by atoms with van der Waals surface area (Å²) in [6.45, 7) is 2.91. The molecule has 0 aliphatic rings. The number of benzene rings is 1. The molecule has 0 aliphatic heterocycles. The predicted molar refractivity (Wildman–Crippen MR) is 126 cm³/mol. The molecule has 3 rings (SSSR count). The van der Waals surface area contributed by atoms with Crippen LogP contribution < -0.4 is 4.72 Å². The maximum absolute atomic E-state index is 5.91. The summed E-state index contributed by atoms with van der Waals surface area (Å²) in [6, 6.07) is 9.77. The van der Waals surface area contributed by atoms with Crippen LogP contribution in [0.4, 0.5) is 5.95 Å². The van der Waals surface area contributed by atoms with Crippen molar-refractivity contribution in [1.29, 1.82) is 0 Å². The quantitative estimate of drug-likeness (QED) is 0.386. The molecular formula is C21H27ClN6O3S. The summed E-state index contributed by atoms with van der Waals surface area (Å²) in [6.07, 6.45) is 2.77. The van der Waals surface area contributed by atoms with E-state index in [-0.39, 0.29) is 17.4 Å². The third-order valence-electron chi connectivity index (χ3n) is 4.72. The molecule has 0 aliphatic carbocycles. The average molecular weight is 479 g/mol. The molecule has 2 unspecified atom stereocenters. The maximum atomic E-state index is 5.91. The van der Waals surface area contributed by atoms with Crippen LogP contribution in [-0.2, 0) is 14.2 Å². The van der Waals surface area contributed by atoms with Gasteiger partial charge in [0.2, 0.25) is 5.95 Å². The highest BCUT2D eigenvalue weighted by Crippen LogP contribution is 2.31. The van der Waals surface area contributed by atoms with Crippen LogP contribution in [-0.4, -0.2) is 64.5 Å². The number of anilines is 1. The van der Waals surface area contributed by atoms with Crippen LogP contribution in [0.5, 0.6) is 0 Å². The normalized spacial score (nSPS) is 13.3. The zero-order valence-electron chi connectivity index (χ0n) is 18.4. The Balaban J connectivity index is 1.85. The van der Waals surface area contributed by atoms with Crippen molar-refractivity contribution in [2.75, 3.05) is 39.3 Å². The second kappa shape index (κ2) is 12.1. The van der Waals surface area contributed by atoms with Gasteiger partial charge in [-0.25, -0.2) is 9.97 Å². The first-order chi connectivity index (χ1) is 15.6. The first kappa shape index (κ1) is 24.4. The molecule has 0 saturated heterocycles. The molecule has 172 valence electrons. The minimum Gasteiger partial charge on any atom is -0.382 e. The van der Waals surface area contributed by atoms with Gasteiger partial charge in [-0.2, -0.15) is 0 Å². The largest absolute Gasteiger partial charge is 0.382 e. The second-order valence-corrected chi connectivity index (χ2v) is 8.61. The number of ether oxygens (including phenoxy) is 3. The number of hydrogen-bond donors (Lipinski definition) is 1. The molecule has 0 radical (unpaired) electrons. The lowest BCUT2D eigenvalue weighted by Crippen LogP contribution is -2.23. The molecule has 9 nitrogen and oxygen atoms in total. The van der Waals surface area contributed by atoms with Gasteiger partial charge >= 0.3 is 0 Å². The summed E-state index contributed by atoms with van der Waals surface area (Å²) in [5.74, 6) is 1.87. The SMILES string of the molecule is COCC(COC)n1c(NSC(C)C(OC)c2ncc(Cl)cn2)nnc1-c1ccccc1. The lowest BCUT2D eigenvalue weighted by atomic mass is 10.2. The molecule has 3 aromatic rings. The summed E-state index contributed by atoms with van der Waals surface area (Å²) in [5, 5.41) is 9.27. The summed E-state index contributed by atoms with van der Waals surface area (Å²) >= 11 is 7.35. The van der Waals surface area contributed by atoms with Crippen LogP contribution in [0, 0.1) is 0 Å². The number of rotatable bonds is 12. The molecule has 0 amide bonds. The molecule has 0 bridgehead atoms. The van der Waals surface area contributed by atoms with Gasteiger partial charge in [0.1, 0.15) is 6.10 Å². The Hall–Kier alpha value is -2.24. The van der Waals surface area contributed by atoms with Crippen molar-refractivity contribution >= 4 is 29.5 Å². The molecule has 2 aromatic heterocycles. The summed E-state index contributed by atoms with van der Waals surface area (Å²) in [5.41, 5.74) is 0.952. The van der Waals surface area contributed by atoms with Crippen LogP contribution in [0.3, 0.4) is 0 Å². The highest BCUT2D eigenvalue weighted by molar-refractivity contribution is 8.01. The van der Waals surface area contributed by atoms with Gasteiger partial charge in [0.25, 0.3) is 0 Å². The van der Waals surface area contributed by atoms with Crippen LogP contribution in [0.15, 0.2) is 42.7 Å². The molecule has 32 heavy (non-hydrogen) atoms. The molecule has 2 heterocycles. The number of aromatic nitrogens is 5. The first-order valence-electron chi connectivity index (χ1n) is 9.99. The summed E-state index contributed by atoms with van der Waals surface area (Å²) in [4.78, 5) is 8.58. The average Bonchev–Trinajstić information content (AvgIpc) is 3.23. The number of hydrogen-bond acceptors (Lipinski definition) is 9. The lowest BCUT2D eigenvalue weighted by molar-refractivity contribution is 0.0908. The maximum Gasteiger partial charge on any atom is 0.235 e. The van der Waals surface area contributed by atoms with Crippen molar-refractivity contribution in [3.8, 4) is 11.4 Å². The minimum absolute atomic E-state index is 0.0465. The van der Waals surface area contributed by atoms with E-state index in [1.165, 1.54) is 11.9 Å². The zero-order chi connectivity index (χ0) is 22.9. The predicted octanol–water partition coefficient (Wildman–Crippen LogP) is 4.06. The molecular weight excluding hydrogens is 452 g/mol. The van der Waals surface area contributed by atoms with Gasteiger partial charge in [-0.15, -0.1) is 10.2 Å². The molecule has 1 aromatic carbocycles. The van der Waals surface area contributed by atoms with Gasteiger partial charge in [-0.3, -0.25) is 9.29 Å². The van der Waals surface area contributed by atoms with Crippen molar-refractivity contribution in [2.45, 2.75) is 24.3 Å². The topological polar surface area (TPSA) is 96.2 Å². The zero-order valence-corrected chi connectivity index (χ0v) is 20.0. The highest BCUT2D eigenvalue weighted by atomic mass is 35.5. The van der Waals surface area contributed by atoms with E-state index in [1.54, 1.807) is 33.7 Å². The van der Waals surface area contributed by atoms with Crippen molar-refractivity contribution < 1.29 is 14.2 Å². The number of halogens is 1. The summed E-state index contributed by atoms with van der Waals surface area (Å²) < 4.78 is 21.8. The van der Waals surface area contributed by atoms with Gasteiger partial charge in [-0.05, 0) is 18.9 Å². The Morgan fingerprint density at radius 1 is 1.03 bits per heavy atom. The van der Waals surface area contributed by atoms with E-state index in [9.17, 15) is 0 Å². The fraction of sp³-hybridized carbons (Fsp3) is 0.429. The Labute approximate surface area is 197 Å². The third-order valence-corrected chi connectivity index (χ3v) is 5.84. The Bertz CT molecular complexity index is 954. The first-order valence-corrected chi connectivity index (χ1v) is 11.2. The third kappa shape index (κ3) is 5.96. The Morgan fingerprint density at radius 3 is 2.28 bits per heavy atom. The van der Waals surface area contributed by atoms with Gasteiger partial charge in [0, 0.05) is 39.3 Å². The summed E-state index contributed by atoms with van der Waals surface area (Å²) in [7, 11) is 4.95. The second-order valence-electron chi connectivity index (χ2n) is 6.99. The monoisotopic (exact) mass is 478 g/mol. The van der Waals surface area contributed by atoms with Gasteiger partial charge in [0.15, 0.2) is 11.6 Å². The lowest BCUT2D eigenvalue weighted by Gasteiger charge is -2.23. The van der Waals surface area contributed by atoms with Gasteiger partial charge in [0.05, 0.1) is 29.5 Å². The molecule has 0 fully saturated rings. The number of nitrogens with one attached hydrogen (secondary N) is 1. The van der Waals surface area contributed by atoms with Gasteiger partial charge in [-0.1, -0.05) is 41.9 Å². The highest BCUT2D eigenvalue weighted by Gasteiger charge is 2.26. The van der Waals surface area contributed by atoms with E-state index in [2.05, 4.69) is 24.9 Å². The van der Waals surface area contributed by atoms with Crippen molar-refractivity contribution in [3.63, 3.8) is 0 Å². The molecule has 0 saturated carbocycles. The van der Waals surface area contributed by atoms with E-state index in [1.807, 2.05) is 41.8 Å². The van der Waals surface area contributed by atoms with Crippen molar-refractivity contribution in [3.05, 3.63) is 53.6 Å². The fourth-order valence-electron chi connectivity index (χ4n) is 3.26. The molecule has 0 spiro atoms. The standard InChI is InChI=1S/C21H27ClN6O3S/c1-14(18(31-4)19-23-10-16(22)11-24-19)32-27-21-26-25-20(15-8-6-5-7-9-15)28(21)17(12-29-2)13-30-3/h5-11,14,17-18H,12-13H2,1-4H3,(H,26,27). The van der Waals surface area contributed by atoms with E-state index in [0.29, 0.717) is 30.0 Å². The van der Waals surface area contributed by atoms with Crippen LogP contribution in [0.1, 0.15) is 24.9 Å². The van der Waals surface area contributed by atoms with Crippen molar-refractivity contribution in [1.82, 2.24) is 24.7 Å². The van der Waals surface area contributed by atoms with Crippen LogP contribution in [0.2, 0.25) is 5.02 Å². The minimum atomic E-state index is -0.344. The molecule has 2 atom stereocenters. The van der Waals surface area contributed by atoms with Crippen LogP contribution in [0.25, 0.3) is 11.4 Å². The fourth-order valence-corrected chi connectivity index (χ4v) is 4.14. The van der Waals surface area contributed by atoms with Gasteiger partial charge < -0.3 is 14.2 Å². The van der Waals surface area contributed by atoms with Crippen molar-refractivity contribution in [2.24, 2.45) is 0 Å².